The lowest BCUT2D eigenvalue weighted by molar-refractivity contribution is 0.122. The second-order valence-corrected chi connectivity index (χ2v) is 6.83. The molecule has 2 aliphatic rings. The van der Waals surface area contributed by atoms with Gasteiger partial charge in [0, 0.05) is 36.7 Å². The van der Waals surface area contributed by atoms with Gasteiger partial charge in [0.2, 0.25) is 5.95 Å². The maximum atomic E-state index is 5.42. The largest absolute Gasteiger partial charge is 0.378 e. The van der Waals surface area contributed by atoms with Crippen molar-refractivity contribution in [2.45, 2.75) is 18.9 Å². The summed E-state index contributed by atoms with van der Waals surface area (Å²) in [5.41, 5.74) is 3.04. The fourth-order valence-corrected chi connectivity index (χ4v) is 3.23. The van der Waals surface area contributed by atoms with Crippen molar-refractivity contribution >= 4 is 34.2 Å². The van der Waals surface area contributed by atoms with Gasteiger partial charge in [-0.1, -0.05) is 0 Å². The van der Waals surface area contributed by atoms with Gasteiger partial charge >= 0.3 is 0 Å². The normalized spacial score (nSPS) is 17.5. The fourth-order valence-electron chi connectivity index (χ4n) is 3.23. The molecule has 1 saturated carbocycles. The van der Waals surface area contributed by atoms with Crippen LogP contribution in [-0.4, -0.2) is 47.3 Å². The molecule has 1 aromatic carbocycles. The van der Waals surface area contributed by atoms with E-state index in [4.69, 9.17) is 4.74 Å². The molecule has 2 aromatic heterocycles. The maximum absolute atomic E-state index is 5.42. The Labute approximate surface area is 151 Å². The van der Waals surface area contributed by atoms with Crippen LogP contribution in [0.25, 0.3) is 11.0 Å². The summed E-state index contributed by atoms with van der Waals surface area (Å²) in [5, 5.41) is 7.85. The molecule has 3 aromatic rings. The summed E-state index contributed by atoms with van der Waals surface area (Å²) in [6.45, 7) is 3.46. The molecule has 0 spiro atoms. The molecule has 2 fully saturated rings. The van der Waals surface area contributed by atoms with Gasteiger partial charge in [-0.15, -0.1) is 0 Å². The number of aromatic amines is 1. The highest BCUT2D eigenvalue weighted by molar-refractivity contribution is 5.88. The first-order valence-electron chi connectivity index (χ1n) is 9.17. The summed E-state index contributed by atoms with van der Waals surface area (Å²) < 4.78 is 5.42. The van der Waals surface area contributed by atoms with Gasteiger partial charge in [0.15, 0.2) is 0 Å². The minimum absolute atomic E-state index is 0.545. The van der Waals surface area contributed by atoms with Crippen molar-refractivity contribution < 1.29 is 4.74 Å². The lowest BCUT2D eigenvalue weighted by Gasteiger charge is -2.28. The van der Waals surface area contributed by atoms with Crippen molar-refractivity contribution in [1.82, 2.24) is 15.0 Å². The lowest BCUT2D eigenvalue weighted by atomic mass is 10.2. The minimum Gasteiger partial charge on any atom is -0.378 e. The Morgan fingerprint density at radius 1 is 1.04 bits per heavy atom. The maximum Gasteiger partial charge on any atom is 0.231 e. The smallest absolute Gasteiger partial charge is 0.231 e. The molecule has 134 valence electrons. The molecule has 3 heterocycles. The van der Waals surface area contributed by atoms with Crippen molar-refractivity contribution in [2.75, 3.05) is 41.8 Å². The van der Waals surface area contributed by atoms with Gasteiger partial charge in [-0.05, 0) is 43.2 Å². The zero-order valence-corrected chi connectivity index (χ0v) is 14.5. The number of nitrogens with zero attached hydrogens (tertiary/aromatic N) is 3. The number of nitrogens with one attached hydrogen (secondary N) is 3. The highest BCUT2D eigenvalue weighted by atomic mass is 16.5. The van der Waals surface area contributed by atoms with E-state index in [1.54, 1.807) is 0 Å². The standard InChI is InChI=1S/C19H22N6O/c1-2-13(1)21-18-16-7-8-20-17(16)23-19(24-18)22-14-3-5-15(6-4-14)25-9-11-26-12-10-25/h3-8,13H,1-2,9-12H2,(H3,20,21,22,23,24). The predicted molar refractivity (Wildman–Crippen MR) is 103 cm³/mol. The number of ether oxygens (including phenoxy) is 1. The lowest BCUT2D eigenvalue weighted by Crippen LogP contribution is -2.36. The monoisotopic (exact) mass is 350 g/mol. The van der Waals surface area contributed by atoms with Crippen molar-refractivity contribution in [3.05, 3.63) is 36.5 Å². The third-order valence-corrected chi connectivity index (χ3v) is 4.83. The molecule has 5 rings (SSSR count). The van der Waals surface area contributed by atoms with Crippen molar-refractivity contribution in [1.29, 1.82) is 0 Å². The van der Waals surface area contributed by atoms with Crippen molar-refractivity contribution in [3.8, 4) is 0 Å². The molecule has 0 atom stereocenters. The van der Waals surface area contributed by atoms with E-state index in [2.05, 4.69) is 54.8 Å². The van der Waals surface area contributed by atoms with Crippen molar-refractivity contribution in [2.24, 2.45) is 0 Å². The number of hydrogen-bond acceptors (Lipinski definition) is 6. The summed E-state index contributed by atoms with van der Waals surface area (Å²) >= 11 is 0. The molecule has 1 aliphatic heterocycles. The molecule has 0 amide bonds. The van der Waals surface area contributed by atoms with Gasteiger partial charge < -0.3 is 25.3 Å². The Bertz CT molecular complexity index is 896. The highest BCUT2D eigenvalue weighted by Crippen LogP contribution is 2.29. The number of aromatic nitrogens is 3. The van der Waals surface area contributed by atoms with Crippen LogP contribution in [-0.2, 0) is 4.74 Å². The fraction of sp³-hybridized carbons (Fsp3) is 0.368. The quantitative estimate of drug-likeness (QED) is 0.656. The molecular formula is C19H22N6O. The van der Waals surface area contributed by atoms with Crippen LogP contribution in [0.4, 0.5) is 23.1 Å². The Hall–Kier alpha value is -2.80. The van der Waals surface area contributed by atoms with E-state index in [9.17, 15) is 0 Å². The molecule has 0 unspecified atom stereocenters. The number of H-pyrrole nitrogens is 1. The van der Waals surface area contributed by atoms with Gasteiger partial charge in [-0.3, -0.25) is 0 Å². The van der Waals surface area contributed by atoms with E-state index in [0.29, 0.717) is 12.0 Å². The zero-order chi connectivity index (χ0) is 17.3. The van der Waals surface area contributed by atoms with Gasteiger partial charge in [-0.2, -0.15) is 9.97 Å². The van der Waals surface area contributed by atoms with Crippen LogP contribution < -0.4 is 15.5 Å². The first-order chi connectivity index (χ1) is 12.8. The van der Waals surface area contributed by atoms with E-state index < -0.39 is 0 Å². The second kappa shape index (κ2) is 6.49. The average Bonchev–Trinajstić information content (AvgIpc) is 3.37. The number of hydrogen-bond donors (Lipinski definition) is 3. The molecule has 0 bridgehead atoms. The SMILES string of the molecule is c1cc2c(NC3CC3)nc(Nc3ccc(N4CCOCC4)cc3)nc2[nH]1. The number of anilines is 4. The predicted octanol–water partition coefficient (Wildman–Crippen LogP) is 3.11. The molecular weight excluding hydrogens is 328 g/mol. The molecule has 7 heteroatoms. The molecule has 3 N–H and O–H groups in total. The Morgan fingerprint density at radius 2 is 1.85 bits per heavy atom. The Kier molecular flexibility index (Phi) is 3.86. The first kappa shape index (κ1) is 15.5. The van der Waals surface area contributed by atoms with Crippen LogP contribution in [0.15, 0.2) is 36.5 Å². The van der Waals surface area contributed by atoms with Crippen LogP contribution in [0.2, 0.25) is 0 Å². The number of rotatable bonds is 5. The summed E-state index contributed by atoms with van der Waals surface area (Å²) in [4.78, 5) is 14.8. The summed E-state index contributed by atoms with van der Waals surface area (Å²) in [6, 6.07) is 11.0. The third-order valence-electron chi connectivity index (χ3n) is 4.83. The molecule has 26 heavy (non-hydrogen) atoms. The molecule has 1 saturated heterocycles. The molecule has 7 nitrogen and oxygen atoms in total. The van der Waals surface area contributed by atoms with Crippen LogP contribution in [0.5, 0.6) is 0 Å². The molecule has 1 aliphatic carbocycles. The minimum atomic E-state index is 0.545. The van der Waals surface area contributed by atoms with E-state index >= 15 is 0 Å². The third kappa shape index (κ3) is 3.17. The molecule has 0 radical (unpaired) electrons. The van der Waals surface area contributed by atoms with Gasteiger partial charge in [0.1, 0.15) is 11.5 Å². The van der Waals surface area contributed by atoms with E-state index in [1.807, 2.05) is 12.3 Å². The van der Waals surface area contributed by atoms with E-state index in [0.717, 1.165) is 48.8 Å². The van der Waals surface area contributed by atoms with Crippen LogP contribution in [0.3, 0.4) is 0 Å². The number of morpholine rings is 1. The average molecular weight is 350 g/mol. The number of fused-ring (bicyclic) bond motifs is 1. The van der Waals surface area contributed by atoms with Gasteiger partial charge in [0.05, 0.1) is 18.6 Å². The highest BCUT2D eigenvalue weighted by Gasteiger charge is 2.23. The second-order valence-electron chi connectivity index (χ2n) is 6.83. The first-order valence-corrected chi connectivity index (χ1v) is 9.17. The van der Waals surface area contributed by atoms with E-state index in [-0.39, 0.29) is 0 Å². The Balaban J connectivity index is 1.36. The van der Waals surface area contributed by atoms with E-state index in [1.165, 1.54) is 18.5 Å². The zero-order valence-electron chi connectivity index (χ0n) is 14.5. The summed E-state index contributed by atoms with van der Waals surface area (Å²) in [7, 11) is 0. The topological polar surface area (TPSA) is 78.1 Å². The van der Waals surface area contributed by atoms with Crippen LogP contribution in [0.1, 0.15) is 12.8 Å². The summed E-state index contributed by atoms with van der Waals surface area (Å²) in [6.07, 6.45) is 4.32. The van der Waals surface area contributed by atoms with Gasteiger partial charge in [-0.25, -0.2) is 0 Å². The van der Waals surface area contributed by atoms with Crippen LogP contribution >= 0.6 is 0 Å². The Morgan fingerprint density at radius 3 is 2.62 bits per heavy atom. The number of benzene rings is 1. The summed E-state index contributed by atoms with van der Waals surface area (Å²) in [5.74, 6) is 1.49. The van der Waals surface area contributed by atoms with Gasteiger partial charge in [0.25, 0.3) is 0 Å². The van der Waals surface area contributed by atoms with Crippen molar-refractivity contribution in [3.63, 3.8) is 0 Å². The van der Waals surface area contributed by atoms with Crippen LogP contribution in [0, 0.1) is 0 Å².